The highest BCUT2D eigenvalue weighted by molar-refractivity contribution is 6.36. The number of hydrogen-bond donors (Lipinski definition) is 2. The van der Waals surface area contributed by atoms with E-state index in [9.17, 15) is 0 Å². The van der Waals surface area contributed by atoms with Gasteiger partial charge in [-0.05, 0) is 43.2 Å². The summed E-state index contributed by atoms with van der Waals surface area (Å²) in [5.74, 6) is 0. The first-order valence-electron chi connectivity index (χ1n) is 6.71. The number of anilines is 1. The van der Waals surface area contributed by atoms with Gasteiger partial charge in [0.05, 0.1) is 17.3 Å². The van der Waals surface area contributed by atoms with Crippen LogP contribution in [-0.2, 0) is 6.54 Å². The van der Waals surface area contributed by atoms with Crippen LogP contribution in [0.2, 0.25) is 5.02 Å². The molecule has 0 aliphatic carbocycles. The Morgan fingerprint density at radius 3 is 2.45 bits per heavy atom. The predicted molar refractivity (Wildman–Crippen MR) is 86.6 cm³/mol. The number of aromatic amines is 1. The molecule has 1 heterocycles. The molecule has 0 aliphatic heterocycles. The van der Waals surface area contributed by atoms with Crippen LogP contribution in [0.3, 0.4) is 0 Å². The molecule has 0 saturated carbocycles. The number of aromatic nitrogens is 1. The molecule has 2 aromatic carbocycles. The summed E-state index contributed by atoms with van der Waals surface area (Å²) in [7, 11) is 0. The molecule has 3 aromatic rings. The summed E-state index contributed by atoms with van der Waals surface area (Å²) < 4.78 is 0. The van der Waals surface area contributed by atoms with E-state index in [1.54, 1.807) is 0 Å². The third-order valence-corrected chi connectivity index (χ3v) is 3.84. The van der Waals surface area contributed by atoms with Crippen LogP contribution in [0, 0.1) is 13.8 Å². The topological polar surface area (TPSA) is 27.8 Å². The second-order valence-corrected chi connectivity index (χ2v) is 5.57. The zero-order valence-electron chi connectivity index (χ0n) is 11.6. The van der Waals surface area contributed by atoms with Crippen molar-refractivity contribution < 1.29 is 0 Å². The smallest absolute Gasteiger partial charge is 0.0710 e. The Hall–Kier alpha value is -1.93. The van der Waals surface area contributed by atoms with E-state index in [-0.39, 0.29) is 0 Å². The summed E-state index contributed by atoms with van der Waals surface area (Å²) in [6, 6.07) is 14.5. The maximum absolute atomic E-state index is 6.41. The van der Waals surface area contributed by atoms with E-state index >= 15 is 0 Å². The molecule has 0 spiro atoms. The largest absolute Gasteiger partial charge is 0.379 e. The number of H-pyrrole nitrogens is 1. The first-order valence-corrected chi connectivity index (χ1v) is 7.08. The van der Waals surface area contributed by atoms with E-state index in [1.165, 1.54) is 11.1 Å². The Morgan fingerprint density at radius 1 is 1.05 bits per heavy atom. The van der Waals surface area contributed by atoms with E-state index in [4.69, 9.17) is 11.6 Å². The normalized spacial score (nSPS) is 10.9. The van der Waals surface area contributed by atoms with Crippen LogP contribution in [0.15, 0.2) is 42.5 Å². The summed E-state index contributed by atoms with van der Waals surface area (Å²) >= 11 is 6.41. The Kier molecular flexibility index (Phi) is 3.41. The molecule has 2 N–H and O–H groups in total. The van der Waals surface area contributed by atoms with Gasteiger partial charge in [-0.1, -0.05) is 35.9 Å². The molecule has 0 bridgehead atoms. The number of hydrogen-bond acceptors (Lipinski definition) is 1. The van der Waals surface area contributed by atoms with E-state index in [1.807, 2.05) is 24.3 Å². The maximum Gasteiger partial charge on any atom is 0.0710 e. The number of nitrogens with one attached hydrogen (secondary N) is 2. The zero-order valence-corrected chi connectivity index (χ0v) is 12.4. The van der Waals surface area contributed by atoms with Gasteiger partial charge in [-0.2, -0.15) is 0 Å². The Balaban J connectivity index is 1.84. The lowest BCUT2D eigenvalue weighted by Crippen LogP contribution is -2.00. The van der Waals surface area contributed by atoms with Gasteiger partial charge in [0.1, 0.15) is 0 Å². The quantitative estimate of drug-likeness (QED) is 0.692. The van der Waals surface area contributed by atoms with Crippen LogP contribution >= 0.6 is 11.6 Å². The average molecular weight is 285 g/mol. The van der Waals surface area contributed by atoms with Crippen LogP contribution in [0.1, 0.15) is 16.8 Å². The van der Waals surface area contributed by atoms with Gasteiger partial charge in [-0.25, -0.2) is 0 Å². The maximum atomic E-state index is 6.41. The van der Waals surface area contributed by atoms with Crippen molar-refractivity contribution in [3.63, 3.8) is 0 Å². The van der Waals surface area contributed by atoms with Crippen LogP contribution in [-0.4, -0.2) is 4.98 Å². The van der Waals surface area contributed by atoms with Gasteiger partial charge in [0, 0.05) is 16.6 Å². The molecule has 102 valence electrons. The van der Waals surface area contributed by atoms with Gasteiger partial charge in [-0.3, -0.25) is 0 Å². The van der Waals surface area contributed by atoms with Gasteiger partial charge in [0.2, 0.25) is 0 Å². The summed E-state index contributed by atoms with van der Waals surface area (Å²) in [4.78, 5) is 3.37. The van der Waals surface area contributed by atoms with Crippen molar-refractivity contribution in [2.45, 2.75) is 20.4 Å². The summed E-state index contributed by atoms with van der Waals surface area (Å²) in [5.41, 5.74) is 5.74. The SMILES string of the molecule is Cc1cc(C)cc(NCc2[nH]c3ccccc3c2Cl)c1. The van der Waals surface area contributed by atoms with E-state index in [0.717, 1.165) is 27.3 Å². The molecule has 1 aromatic heterocycles. The van der Waals surface area contributed by atoms with Crippen molar-refractivity contribution in [1.29, 1.82) is 0 Å². The molecule has 3 heteroatoms. The molecule has 3 rings (SSSR count). The van der Waals surface area contributed by atoms with Crippen molar-refractivity contribution in [3.8, 4) is 0 Å². The van der Waals surface area contributed by atoms with E-state index < -0.39 is 0 Å². The van der Waals surface area contributed by atoms with Crippen LogP contribution in [0.4, 0.5) is 5.69 Å². The third kappa shape index (κ3) is 2.52. The first kappa shape index (κ1) is 13.1. The van der Waals surface area contributed by atoms with Gasteiger partial charge in [-0.15, -0.1) is 0 Å². The molecule has 0 saturated heterocycles. The number of halogens is 1. The molecule has 0 amide bonds. The molecule has 0 fully saturated rings. The summed E-state index contributed by atoms with van der Waals surface area (Å²) in [6.07, 6.45) is 0. The number of para-hydroxylation sites is 1. The van der Waals surface area contributed by atoms with Crippen molar-refractivity contribution in [3.05, 3.63) is 64.3 Å². The van der Waals surface area contributed by atoms with Gasteiger partial charge >= 0.3 is 0 Å². The van der Waals surface area contributed by atoms with Crippen LogP contribution < -0.4 is 5.32 Å². The van der Waals surface area contributed by atoms with Crippen LogP contribution in [0.25, 0.3) is 10.9 Å². The molecule has 20 heavy (non-hydrogen) atoms. The third-order valence-electron chi connectivity index (χ3n) is 3.41. The highest BCUT2D eigenvalue weighted by Crippen LogP contribution is 2.27. The fourth-order valence-corrected chi connectivity index (χ4v) is 2.83. The monoisotopic (exact) mass is 284 g/mol. The van der Waals surface area contributed by atoms with E-state index in [2.05, 4.69) is 42.3 Å². The molecular formula is C17H17ClN2. The van der Waals surface area contributed by atoms with Gasteiger partial charge in [0.15, 0.2) is 0 Å². The lowest BCUT2D eigenvalue weighted by atomic mass is 10.1. The lowest BCUT2D eigenvalue weighted by Gasteiger charge is -2.08. The minimum absolute atomic E-state index is 0.691. The molecule has 0 radical (unpaired) electrons. The highest BCUT2D eigenvalue weighted by Gasteiger charge is 2.08. The Morgan fingerprint density at radius 2 is 1.75 bits per heavy atom. The number of fused-ring (bicyclic) bond motifs is 1. The Bertz CT molecular complexity index is 739. The van der Waals surface area contributed by atoms with Gasteiger partial charge < -0.3 is 10.3 Å². The molecule has 0 atom stereocenters. The standard InChI is InChI=1S/C17H17ClN2/c1-11-7-12(2)9-13(8-11)19-10-16-17(18)14-5-3-4-6-15(14)20-16/h3-9,19-20H,10H2,1-2H3. The Labute approximate surface area is 123 Å². The summed E-state index contributed by atoms with van der Waals surface area (Å²) in [6.45, 7) is 4.90. The first-order chi connectivity index (χ1) is 9.63. The van der Waals surface area contributed by atoms with Crippen molar-refractivity contribution >= 4 is 28.2 Å². The molecular weight excluding hydrogens is 268 g/mol. The lowest BCUT2D eigenvalue weighted by molar-refractivity contribution is 1.08. The molecule has 0 unspecified atom stereocenters. The van der Waals surface area contributed by atoms with E-state index in [0.29, 0.717) is 6.54 Å². The second-order valence-electron chi connectivity index (χ2n) is 5.19. The van der Waals surface area contributed by atoms with Gasteiger partial charge in [0.25, 0.3) is 0 Å². The number of rotatable bonds is 3. The summed E-state index contributed by atoms with van der Waals surface area (Å²) in [5, 5.41) is 5.31. The van der Waals surface area contributed by atoms with Crippen molar-refractivity contribution in [2.24, 2.45) is 0 Å². The van der Waals surface area contributed by atoms with Crippen molar-refractivity contribution in [2.75, 3.05) is 5.32 Å². The predicted octanol–water partition coefficient (Wildman–Crippen LogP) is 5.05. The number of aryl methyl sites for hydroxylation is 2. The average Bonchev–Trinajstić information content (AvgIpc) is 2.73. The second kappa shape index (κ2) is 5.22. The fourth-order valence-electron chi connectivity index (χ4n) is 2.55. The van der Waals surface area contributed by atoms with Crippen molar-refractivity contribution in [1.82, 2.24) is 4.98 Å². The fraction of sp³-hybridized carbons (Fsp3) is 0.176. The van der Waals surface area contributed by atoms with Crippen LogP contribution in [0.5, 0.6) is 0 Å². The highest BCUT2D eigenvalue weighted by atomic mass is 35.5. The zero-order chi connectivity index (χ0) is 14.1. The minimum atomic E-state index is 0.691. The molecule has 0 aliphatic rings. The number of benzene rings is 2. The molecule has 2 nitrogen and oxygen atoms in total. The minimum Gasteiger partial charge on any atom is -0.379 e.